The van der Waals surface area contributed by atoms with Gasteiger partial charge in [-0.05, 0) is 0 Å². The van der Waals surface area contributed by atoms with E-state index in [-0.39, 0.29) is 11.3 Å². The Kier molecular flexibility index (Phi) is 3.66. The molecule has 1 aliphatic rings. The fourth-order valence-electron chi connectivity index (χ4n) is 2.09. The van der Waals surface area contributed by atoms with Gasteiger partial charge in [0.25, 0.3) is 0 Å². The Morgan fingerprint density at radius 3 is 2.31 bits per heavy atom. The predicted molar refractivity (Wildman–Crippen MR) is 64.7 cm³/mol. The van der Waals surface area contributed by atoms with E-state index in [4.69, 9.17) is 4.74 Å². The molecule has 0 saturated carbocycles. The van der Waals surface area contributed by atoms with Gasteiger partial charge in [-0.15, -0.1) is 0 Å². The topological polar surface area (TPSA) is 29.5 Å². The van der Waals surface area contributed by atoms with Crippen molar-refractivity contribution in [2.24, 2.45) is 11.3 Å². The first-order chi connectivity index (χ1) is 7.25. The summed E-state index contributed by atoms with van der Waals surface area (Å²) in [4.78, 5) is 13.5. The molecule has 0 N–H and O–H groups in total. The van der Waals surface area contributed by atoms with Crippen LogP contribution in [0.4, 0.5) is 0 Å². The zero-order valence-electron chi connectivity index (χ0n) is 11.3. The van der Waals surface area contributed by atoms with Crippen LogP contribution in [-0.2, 0) is 9.53 Å². The predicted octanol–water partition coefficient (Wildman–Crippen LogP) is 2.78. The van der Waals surface area contributed by atoms with E-state index in [1.165, 1.54) is 0 Å². The molecule has 0 unspecified atom stereocenters. The van der Waals surface area contributed by atoms with Gasteiger partial charge in [0.15, 0.2) is 0 Å². The molecule has 0 aliphatic carbocycles. The van der Waals surface area contributed by atoms with E-state index in [1.807, 2.05) is 4.90 Å². The first-order valence-electron chi connectivity index (χ1n) is 5.90. The van der Waals surface area contributed by atoms with Gasteiger partial charge in [-0.1, -0.05) is 34.6 Å². The van der Waals surface area contributed by atoms with Crippen molar-refractivity contribution in [2.75, 3.05) is 13.2 Å². The van der Waals surface area contributed by atoms with E-state index >= 15 is 0 Å². The van der Waals surface area contributed by atoms with Crippen LogP contribution in [0.15, 0.2) is 11.5 Å². The van der Waals surface area contributed by atoms with Crippen LogP contribution >= 0.6 is 0 Å². The van der Waals surface area contributed by atoms with Gasteiger partial charge in [0, 0.05) is 18.3 Å². The number of carbonyl (C=O) groups excluding carboxylic acids is 1. The van der Waals surface area contributed by atoms with Gasteiger partial charge >= 0.3 is 0 Å². The van der Waals surface area contributed by atoms with Crippen molar-refractivity contribution >= 4 is 5.91 Å². The van der Waals surface area contributed by atoms with Gasteiger partial charge in [0.2, 0.25) is 5.91 Å². The molecule has 0 radical (unpaired) electrons. The van der Waals surface area contributed by atoms with E-state index < -0.39 is 0 Å². The third-order valence-corrected chi connectivity index (χ3v) is 2.69. The van der Waals surface area contributed by atoms with Crippen molar-refractivity contribution in [1.82, 2.24) is 4.90 Å². The van der Waals surface area contributed by atoms with Gasteiger partial charge < -0.3 is 9.64 Å². The van der Waals surface area contributed by atoms with Crippen LogP contribution in [0.5, 0.6) is 0 Å². The van der Waals surface area contributed by atoms with Crippen molar-refractivity contribution in [3.63, 3.8) is 0 Å². The van der Waals surface area contributed by atoms with E-state index in [1.54, 1.807) is 6.92 Å². The average Bonchev–Trinajstić information content (AvgIpc) is 2.15. The standard InChI is InChI=1S/C13H23NO2/c1-9(2)11-12(13(4,5)6)14(10(3)15)7-8-16-11/h9H,7-8H2,1-6H3. The molecule has 16 heavy (non-hydrogen) atoms. The second-order valence-corrected chi connectivity index (χ2v) is 5.64. The van der Waals surface area contributed by atoms with Crippen LogP contribution in [0.2, 0.25) is 0 Å². The number of hydrogen-bond acceptors (Lipinski definition) is 2. The maximum absolute atomic E-state index is 11.7. The van der Waals surface area contributed by atoms with Crippen molar-refractivity contribution in [3.05, 3.63) is 11.5 Å². The number of nitrogens with zero attached hydrogens (tertiary/aromatic N) is 1. The Hall–Kier alpha value is -0.990. The third-order valence-electron chi connectivity index (χ3n) is 2.69. The number of carbonyl (C=O) groups is 1. The highest BCUT2D eigenvalue weighted by Crippen LogP contribution is 2.36. The number of hydrogen-bond donors (Lipinski definition) is 0. The molecule has 92 valence electrons. The highest BCUT2D eigenvalue weighted by molar-refractivity contribution is 5.75. The summed E-state index contributed by atoms with van der Waals surface area (Å²) in [5, 5.41) is 0. The molecule has 1 rings (SSSR count). The van der Waals surface area contributed by atoms with Crippen LogP contribution in [0.25, 0.3) is 0 Å². The Morgan fingerprint density at radius 1 is 1.38 bits per heavy atom. The summed E-state index contributed by atoms with van der Waals surface area (Å²) < 4.78 is 5.74. The highest BCUT2D eigenvalue weighted by Gasteiger charge is 2.33. The van der Waals surface area contributed by atoms with Crippen molar-refractivity contribution in [3.8, 4) is 0 Å². The molecule has 0 spiro atoms. The molecule has 0 aromatic rings. The molecule has 0 fully saturated rings. The summed E-state index contributed by atoms with van der Waals surface area (Å²) in [5.74, 6) is 1.39. The normalized spacial score (nSPS) is 17.8. The minimum atomic E-state index is -0.0638. The van der Waals surface area contributed by atoms with Gasteiger partial charge in [-0.2, -0.15) is 0 Å². The van der Waals surface area contributed by atoms with Crippen LogP contribution < -0.4 is 0 Å². The molecule has 1 aliphatic heterocycles. The van der Waals surface area contributed by atoms with Gasteiger partial charge in [0.1, 0.15) is 12.4 Å². The smallest absolute Gasteiger partial charge is 0.223 e. The number of allylic oxidation sites excluding steroid dienone is 2. The average molecular weight is 225 g/mol. The molecule has 0 atom stereocenters. The molecule has 0 aromatic heterocycles. The third kappa shape index (κ3) is 2.57. The van der Waals surface area contributed by atoms with Crippen LogP contribution in [-0.4, -0.2) is 24.0 Å². The number of amides is 1. The Balaban J connectivity index is 3.25. The molecule has 0 bridgehead atoms. The molecule has 3 heteroatoms. The molecular weight excluding hydrogens is 202 g/mol. The quantitative estimate of drug-likeness (QED) is 0.686. The molecule has 0 aromatic carbocycles. The lowest BCUT2D eigenvalue weighted by molar-refractivity contribution is -0.129. The monoisotopic (exact) mass is 225 g/mol. The lowest BCUT2D eigenvalue weighted by Crippen LogP contribution is -2.41. The lowest BCUT2D eigenvalue weighted by Gasteiger charge is -2.39. The lowest BCUT2D eigenvalue weighted by atomic mass is 9.87. The summed E-state index contributed by atoms with van der Waals surface area (Å²) in [5.41, 5.74) is 0.979. The summed E-state index contributed by atoms with van der Waals surface area (Å²) in [6, 6.07) is 0. The van der Waals surface area contributed by atoms with Crippen molar-refractivity contribution in [2.45, 2.75) is 41.5 Å². The zero-order chi connectivity index (χ0) is 12.5. The number of rotatable bonds is 1. The molecule has 0 saturated heterocycles. The van der Waals surface area contributed by atoms with Crippen molar-refractivity contribution in [1.29, 1.82) is 0 Å². The van der Waals surface area contributed by atoms with E-state index in [9.17, 15) is 4.79 Å². The summed E-state index contributed by atoms with van der Waals surface area (Å²) in [6.45, 7) is 13.5. The Labute approximate surface area is 98.5 Å². The molecule has 1 amide bonds. The van der Waals surface area contributed by atoms with Gasteiger partial charge in [-0.25, -0.2) is 0 Å². The fraction of sp³-hybridized carbons (Fsp3) is 0.769. The van der Waals surface area contributed by atoms with E-state index in [0.717, 1.165) is 11.5 Å². The number of ether oxygens (including phenoxy) is 1. The summed E-state index contributed by atoms with van der Waals surface area (Å²) in [7, 11) is 0. The first kappa shape index (κ1) is 13.1. The van der Waals surface area contributed by atoms with Crippen LogP contribution in [0.1, 0.15) is 41.5 Å². The summed E-state index contributed by atoms with van der Waals surface area (Å²) in [6.07, 6.45) is 0. The largest absolute Gasteiger partial charge is 0.494 e. The second-order valence-electron chi connectivity index (χ2n) is 5.64. The zero-order valence-corrected chi connectivity index (χ0v) is 11.3. The maximum Gasteiger partial charge on any atom is 0.223 e. The Morgan fingerprint density at radius 2 is 1.94 bits per heavy atom. The maximum atomic E-state index is 11.7. The van der Waals surface area contributed by atoms with E-state index in [2.05, 4.69) is 34.6 Å². The van der Waals surface area contributed by atoms with Gasteiger partial charge in [0.05, 0.1) is 12.2 Å². The highest BCUT2D eigenvalue weighted by atomic mass is 16.5. The summed E-state index contributed by atoms with van der Waals surface area (Å²) >= 11 is 0. The molecule has 3 nitrogen and oxygen atoms in total. The molecule has 1 heterocycles. The minimum Gasteiger partial charge on any atom is -0.494 e. The second kappa shape index (κ2) is 4.48. The SMILES string of the molecule is CC(=O)N1CCOC(C(C)C)=C1C(C)(C)C. The first-order valence-corrected chi connectivity index (χ1v) is 5.90. The van der Waals surface area contributed by atoms with E-state index in [0.29, 0.717) is 19.1 Å². The Bertz CT molecular complexity index is 310. The molecular formula is C13H23NO2. The van der Waals surface area contributed by atoms with Crippen molar-refractivity contribution < 1.29 is 9.53 Å². The van der Waals surface area contributed by atoms with Crippen LogP contribution in [0, 0.1) is 11.3 Å². The van der Waals surface area contributed by atoms with Crippen LogP contribution in [0.3, 0.4) is 0 Å². The minimum absolute atomic E-state index is 0.0638. The fourth-order valence-corrected chi connectivity index (χ4v) is 2.09. The van der Waals surface area contributed by atoms with Gasteiger partial charge in [-0.3, -0.25) is 4.79 Å².